The predicted molar refractivity (Wildman–Crippen MR) is 156 cm³/mol. The fourth-order valence-corrected chi connectivity index (χ4v) is 5.65. The number of rotatable bonds is 13. The van der Waals surface area contributed by atoms with Gasteiger partial charge in [0.25, 0.3) is 5.91 Å². The monoisotopic (exact) mass is 605 g/mol. The van der Waals surface area contributed by atoms with E-state index in [0.29, 0.717) is 45.9 Å². The summed E-state index contributed by atoms with van der Waals surface area (Å²) in [5.74, 6) is 0.397. The van der Waals surface area contributed by atoms with Crippen molar-refractivity contribution in [3.05, 3.63) is 63.0 Å². The molecular weight excluding hydrogens is 574 g/mol. The first-order valence-electron chi connectivity index (χ1n) is 12.5. The predicted octanol–water partition coefficient (Wildman–Crippen LogP) is 7.31. The number of thiocarbonyl (C=S) groups is 1. The normalized spacial score (nSPS) is 15.2. The van der Waals surface area contributed by atoms with Gasteiger partial charge in [0.05, 0.1) is 29.2 Å². The summed E-state index contributed by atoms with van der Waals surface area (Å²) in [5.41, 5.74) is 1.40. The number of halogens is 1. The van der Waals surface area contributed by atoms with Crippen molar-refractivity contribution in [3.63, 3.8) is 0 Å². The van der Waals surface area contributed by atoms with Crippen LogP contribution in [0.15, 0.2) is 51.8 Å². The molecule has 1 atom stereocenters. The molecule has 0 N–H and O–H groups in total. The lowest BCUT2D eigenvalue weighted by atomic mass is 10.1. The van der Waals surface area contributed by atoms with Crippen molar-refractivity contribution in [2.24, 2.45) is 0 Å². The number of benzene rings is 2. The van der Waals surface area contributed by atoms with Crippen molar-refractivity contribution in [1.29, 1.82) is 0 Å². The fraction of sp³-hybridized carbons (Fsp3) is 0.393. The molecule has 0 aliphatic carbocycles. The van der Waals surface area contributed by atoms with Gasteiger partial charge in [-0.05, 0) is 65.0 Å². The van der Waals surface area contributed by atoms with Crippen molar-refractivity contribution in [1.82, 2.24) is 4.90 Å². The maximum atomic E-state index is 13.6. The van der Waals surface area contributed by atoms with Crippen LogP contribution < -0.4 is 9.47 Å². The third-order valence-electron chi connectivity index (χ3n) is 5.49. The van der Waals surface area contributed by atoms with Crippen molar-refractivity contribution >= 4 is 62.2 Å². The minimum Gasteiger partial charge on any atom is -0.490 e. The maximum Gasteiger partial charge on any atom is 0.333 e. The molecule has 1 saturated heterocycles. The molecule has 6 nitrogen and oxygen atoms in total. The zero-order valence-corrected chi connectivity index (χ0v) is 24.5. The van der Waals surface area contributed by atoms with Crippen LogP contribution in [-0.2, 0) is 14.3 Å². The van der Waals surface area contributed by atoms with Crippen LogP contribution in [0, 0.1) is 0 Å². The lowest BCUT2D eigenvalue weighted by Gasteiger charge is -2.25. The Morgan fingerprint density at radius 3 is 2.51 bits per heavy atom. The second kappa shape index (κ2) is 14.5. The third-order valence-corrected chi connectivity index (χ3v) is 7.41. The summed E-state index contributed by atoms with van der Waals surface area (Å²) >= 11 is 10.3. The van der Waals surface area contributed by atoms with Crippen molar-refractivity contribution in [3.8, 4) is 11.5 Å². The van der Waals surface area contributed by atoms with Crippen LogP contribution in [0.2, 0.25) is 0 Å². The van der Waals surface area contributed by atoms with Crippen molar-refractivity contribution in [2.45, 2.75) is 52.5 Å². The molecule has 37 heavy (non-hydrogen) atoms. The number of thioether (sulfide) groups is 1. The van der Waals surface area contributed by atoms with Crippen LogP contribution in [0.5, 0.6) is 11.5 Å². The zero-order valence-electron chi connectivity index (χ0n) is 21.3. The number of amides is 1. The van der Waals surface area contributed by atoms with Crippen LogP contribution in [0.4, 0.5) is 0 Å². The Kier molecular flexibility index (Phi) is 11.5. The molecule has 1 aliphatic rings. The van der Waals surface area contributed by atoms with Gasteiger partial charge in [-0.1, -0.05) is 81.0 Å². The lowest BCUT2D eigenvalue weighted by molar-refractivity contribution is -0.151. The van der Waals surface area contributed by atoms with Crippen LogP contribution in [0.25, 0.3) is 6.08 Å². The molecule has 1 fully saturated rings. The Balaban J connectivity index is 1.91. The first-order valence-corrected chi connectivity index (χ1v) is 14.5. The van der Waals surface area contributed by atoms with Crippen LogP contribution in [0.1, 0.15) is 63.6 Å². The van der Waals surface area contributed by atoms with E-state index in [-0.39, 0.29) is 12.5 Å². The Morgan fingerprint density at radius 2 is 1.84 bits per heavy atom. The third kappa shape index (κ3) is 7.58. The van der Waals surface area contributed by atoms with E-state index in [1.807, 2.05) is 44.2 Å². The summed E-state index contributed by atoms with van der Waals surface area (Å²) < 4.78 is 18.3. The van der Waals surface area contributed by atoms with Gasteiger partial charge in [0, 0.05) is 0 Å². The van der Waals surface area contributed by atoms with E-state index in [1.165, 1.54) is 4.90 Å². The second-order valence-corrected chi connectivity index (χ2v) is 10.9. The summed E-state index contributed by atoms with van der Waals surface area (Å²) in [5, 5.41) is 0. The summed E-state index contributed by atoms with van der Waals surface area (Å²) in [6.45, 7) is 7.32. The number of hydrogen-bond acceptors (Lipinski definition) is 7. The number of unbranched alkanes of at least 4 members (excludes halogenated alkanes) is 2. The fourth-order valence-electron chi connectivity index (χ4n) is 3.76. The quantitative estimate of drug-likeness (QED) is 0.103. The first kappa shape index (κ1) is 29.2. The van der Waals surface area contributed by atoms with E-state index in [1.54, 1.807) is 18.2 Å². The largest absolute Gasteiger partial charge is 0.490 e. The smallest absolute Gasteiger partial charge is 0.333 e. The average Bonchev–Trinajstić information content (AvgIpc) is 3.15. The van der Waals surface area contributed by atoms with Gasteiger partial charge in [-0.15, -0.1) is 0 Å². The molecule has 0 bridgehead atoms. The standard InChI is InChI=1S/C28H32BrNO5S2/c1-4-7-11-15-34-25-21(29)16-19(17-22(25)33-6-3)18-23-26(31)30(28(36)37-23)24(27(32)35-14-5-2)20-12-9-8-10-13-20/h8-10,12-13,16-18,24H,4-7,11,14-15H2,1-3H3/b23-18-. The van der Waals surface area contributed by atoms with Crippen LogP contribution >= 0.6 is 39.9 Å². The molecule has 1 unspecified atom stereocenters. The summed E-state index contributed by atoms with van der Waals surface area (Å²) in [6.07, 6.45) is 5.61. The maximum absolute atomic E-state index is 13.6. The minimum atomic E-state index is -0.948. The minimum absolute atomic E-state index is 0.272. The van der Waals surface area contributed by atoms with E-state index in [0.717, 1.165) is 41.1 Å². The van der Waals surface area contributed by atoms with E-state index in [2.05, 4.69) is 22.9 Å². The molecule has 0 spiro atoms. The molecule has 9 heteroatoms. The summed E-state index contributed by atoms with van der Waals surface area (Å²) in [6, 6.07) is 11.9. The Morgan fingerprint density at radius 1 is 1.08 bits per heavy atom. The molecule has 2 aromatic carbocycles. The van der Waals surface area contributed by atoms with Gasteiger partial charge in [-0.25, -0.2) is 4.79 Å². The number of nitrogens with zero attached hydrogens (tertiary/aromatic N) is 1. The molecule has 0 radical (unpaired) electrons. The van der Waals surface area contributed by atoms with Gasteiger partial charge < -0.3 is 14.2 Å². The molecule has 2 aromatic rings. The molecule has 0 aromatic heterocycles. The second-order valence-electron chi connectivity index (χ2n) is 8.35. The Labute approximate surface area is 236 Å². The number of esters is 1. The molecule has 0 saturated carbocycles. The number of carbonyl (C=O) groups excluding carboxylic acids is 2. The van der Waals surface area contributed by atoms with Crippen LogP contribution in [0.3, 0.4) is 0 Å². The molecule has 198 valence electrons. The van der Waals surface area contributed by atoms with Gasteiger partial charge in [-0.2, -0.15) is 0 Å². The van der Waals surface area contributed by atoms with Gasteiger partial charge in [0.15, 0.2) is 17.5 Å². The zero-order chi connectivity index (χ0) is 26.8. The highest BCUT2D eigenvalue weighted by Gasteiger charge is 2.42. The molecule has 1 heterocycles. The highest BCUT2D eigenvalue weighted by Crippen LogP contribution is 2.41. The van der Waals surface area contributed by atoms with Crippen molar-refractivity contribution < 1.29 is 23.8 Å². The van der Waals surface area contributed by atoms with Gasteiger partial charge in [0.1, 0.15) is 4.32 Å². The topological polar surface area (TPSA) is 65.1 Å². The SMILES string of the molecule is CCCCCOc1c(Br)cc(/C=C2\SC(=S)N(C(C(=O)OCCC)c3ccccc3)C2=O)cc1OCC. The van der Waals surface area contributed by atoms with E-state index in [9.17, 15) is 9.59 Å². The number of ether oxygens (including phenoxy) is 3. The van der Waals surface area contributed by atoms with E-state index in [4.69, 9.17) is 26.4 Å². The van der Waals surface area contributed by atoms with E-state index >= 15 is 0 Å². The molecule has 1 amide bonds. The summed E-state index contributed by atoms with van der Waals surface area (Å²) in [7, 11) is 0. The number of hydrogen-bond donors (Lipinski definition) is 0. The highest BCUT2D eigenvalue weighted by atomic mass is 79.9. The summed E-state index contributed by atoms with van der Waals surface area (Å²) in [4.78, 5) is 28.4. The lowest BCUT2D eigenvalue weighted by Crippen LogP contribution is -2.38. The Hall–Kier alpha value is -2.36. The first-order chi connectivity index (χ1) is 17.9. The van der Waals surface area contributed by atoms with Gasteiger partial charge in [0.2, 0.25) is 0 Å². The van der Waals surface area contributed by atoms with Gasteiger partial charge in [-0.3, -0.25) is 9.69 Å². The Bertz CT molecular complexity index is 1140. The average molecular weight is 607 g/mol. The molecular formula is C28H32BrNO5S2. The van der Waals surface area contributed by atoms with E-state index < -0.39 is 12.0 Å². The molecule has 3 rings (SSSR count). The number of carbonyl (C=O) groups is 2. The molecule has 1 aliphatic heterocycles. The van der Waals surface area contributed by atoms with Crippen molar-refractivity contribution in [2.75, 3.05) is 19.8 Å². The highest BCUT2D eigenvalue weighted by molar-refractivity contribution is 9.10. The van der Waals surface area contributed by atoms with Gasteiger partial charge >= 0.3 is 5.97 Å². The van der Waals surface area contributed by atoms with Crippen LogP contribution in [-0.4, -0.2) is 40.9 Å².